The second kappa shape index (κ2) is 6.85. The normalized spacial score (nSPS) is 10.2. The van der Waals surface area contributed by atoms with Crippen LogP contribution in [0.5, 0.6) is 0 Å². The van der Waals surface area contributed by atoms with Crippen LogP contribution in [0.2, 0.25) is 0 Å². The summed E-state index contributed by atoms with van der Waals surface area (Å²) >= 11 is 8.60. The van der Waals surface area contributed by atoms with Gasteiger partial charge in [0.2, 0.25) is 0 Å². The Labute approximate surface area is 110 Å². The van der Waals surface area contributed by atoms with Crippen LogP contribution in [0.4, 0.5) is 0 Å². The van der Waals surface area contributed by atoms with Crippen LogP contribution < -0.4 is 10.6 Å². The predicted molar refractivity (Wildman–Crippen MR) is 73.3 cm³/mol. The average molecular weight is 305 g/mol. The van der Waals surface area contributed by atoms with Gasteiger partial charge in [0, 0.05) is 13.6 Å². The van der Waals surface area contributed by atoms with Crippen LogP contribution in [0, 0.1) is 0 Å². The van der Waals surface area contributed by atoms with Crippen molar-refractivity contribution in [2.45, 2.75) is 26.3 Å². The molecule has 0 saturated heterocycles. The lowest BCUT2D eigenvalue weighted by atomic mass is 10.3. The van der Waals surface area contributed by atoms with E-state index in [1.54, 1.807) is 6.20 Å². The summed E-state index contributed by atoms with van der Waals surface area (Å²) in [7, 11) is 1.91. The molecule has 6 heteroatoms. The van der Waals surface area contributed by atoms with Gasteiger partial charge in [-0.05, 0) is 34.6 Å². The van der Waals surface area contributed by atoms with Crippen LogP contribution in [0.15, 0.2) is 10.7 Å². The number of aryl methyl sites for hydroxylation is 1. The Hall–Kier alpha value is -0.620. The highest BCUT2D eigenvalue weighted by atomic mass is 79.9. The summed E-state index contributed by atoms with van der Waals surface area (Å²) in [6, 6.07) is 0. The maximum Gasteiger partial charge on any atom is 0.166 e. The Balaban J connectivity index is 2.32. The zero-order chi connectivity index (χ0) is 12.0. The number of nitrogens with zero attached hydrogens (tertiary/aromatic N) is 2. The van der Waals surface area contributed by atoms with Crippen LogP contribution in [0.1, 0.15) is 25.5 Å². The fraction of sp³-hybridized carbons (Fsp3) is 0.600. The molecular weight excluding hydrogens is 288 g/mol. The maximum atomic E-state index is 5.16. The Morgan fingerprint density at radius 1 is 1.56 bits per heavy atom. The van der Waals surface area contributed by atoms with E-state index in [1.165, 1.54) is 6.42 Å². The molecule has 0 aliphatic carbocycles. The van der Waals surface area contributed by atoms with Gasteiger partial charge in [-0.25, -0.2) is 0 Å². The highest BCUT2D eigenvalue weighted by Crippen LogP contribution is 2.14. The van der Waals surface area contributed by atoms with Crippen LogP contribution in [0.25, 0.3) is 0 Å². The van der Waals surface area contributed by atoms with Crippen LogP contribution in [-0.4, -0.2) is 21.4 Å². The molecule has 0 aliphatic rings. The minimum absolute atomic E-state index is 0.676. The van der Waals surface area contributed by atoms with Crippen molar-refractivity contribution in [1.29, 1.82) is 0 Å². The van der Waals surface area contributed by atoms with Crippen LogP contribution >= 0.6 is 28.1 Å². The van der Waals surface area contributed by atoms with Gasteiger partial charge >= 0.3 is 0 Å². The van der Waals surface area contributed by atoms with Crippen molar-refractivity contribution in [3.63, 3.8) is 0 Å². The minimum atomic E-state index is 0.676. The molecule has 0 atom stereocenters. The van der Waals surface area contributed by atoms with E-state index in [1.807, 2.05) is 11.7 Å². The molecule has 90 valence electrons. The summed E-state index contributed by atoms with van der Waals surface area (Å²) in [6.07, 6.45) is 4.09. The monoisotopic (exact) mass is 304 g/mol. The van der Waals surface area contributed by atoms with E-state index in [4.69, 9.17) is 12.2 Å². The third-order valence-electron chi connectivity index (χ3n) is 2.24. The number of hydrogen-bond donors (Lipinski definition) is 2. The minimum Gasteiger partial charge on any atom is -0.363 e. The number of halogens is 1. The summed E-state index contributed by atoms with van der Waals surface area (Å²) in [5, 5.41) is 11.1. The van der Waals surface area contributed by atoms with Crippen molar-refractivity contribution in [2.24, 2.45) is 7.05 Å². The molecule has 0 bridgehead atoms. The third-order valence-corrected chi connectivity index (χ3v) is 3.19. The van der Waals surface area contributed by atoms with Gasteiger partial charge in [-0.3, -0.25) is 4.68 Å². The molecule has 1 rings (SSSR count). The van der Waals surface area contributed by atoms with E-state index >= 15 is 0 Å². The summed E-state index contributed by atoms with van der Waals surface area (Å²) in [6.45, 7) is 3.76. The first kappa shape index (κ1) is 13.4. The molecule has 0 amide bonds. The van der Waals surface area contributed by atoms with Crippen molar-refractivity contribution in [3.05, 3.63) is 16.4 Å². The predicted octanol–water partition coefficient (Wildman–Crippen LogP) is 1.95. The van der Waals surface area contributed by atoms with E-state index in [0.717, 1.165) is 23.1 Å². The molecule has 2 N–H and O–H groups in total. The standard InChI is InChI=1S/C10H17BrN4S/c1-3-4-5-12-10(16)13-7-9-8(11)6-14-15(9)2/h6H,3-5,7H2,1-2H3,(H2,12,13,16). The van der Waals surface area contributed by atoms with Gasteiger partial charge in [0.1, 0.15) is 0 Å². The Kier molecular flexibility index (Phi) is 5.76. The van der Waals surface area contributed by atoms with Crippen molar-refractivity contribution in [1.82, 2.24) is 20.4 Å². The quantitative estimate of drug-likeness (QED) is 0.644. The molecule has 0 saturated carbocycles. The van der Waals surface area contributed by atoms with Gasteiger partial charge in [-0.2, -0.15) is 5.10 Å². The van der Waals surface area contributed by atoms with Gasteiger partial charge in [-0.15, -0.1) is 0 Å². The number of nitrogens with one attached hydrogen (secondary N) is 2. The van der Waals surface area contributed by atoms with E-state index in [-0.39, 0.29) is 0 Å². The Bertz CT molecular complexity index is 331. The van der Waals surface area contributed by atoms with Gasteiger partial charge < -0.3 is 10.6 Å². The summed E-state index contributed by atoms with van der Waals surface area (Å²) in [5.41, 5.74) is 1.08. The van der Waals surface area contributed by atoms with Gasteiger partial charge in [-0.1, -0.05) is 13.3 Å². The second-order valence-electron chi connectivity index (χ2n) is 3.53. The molecule has 4 nitrogen and oxygen atoms in total. The molecule has 0 unspecified atom stereocenters. The molecule has 1 aromatic rings. The van der Waals surface area contributed by atoms with Crippen LogP contribution in [-0.2, 0) is 13.6 Å². The number of rotatable bonds is 5. The SMILES string of the molecule is CCCCNC(=S)NCc1c(Br)cnn1C. The lowest BCUT2D eigenvalue weighted by Gasteiger charge is -2.10. The summed E-state index contributed by atoms with van der Waals surface area (Å²) in [5.74, 6) is 0. The number of thiocarbonyl (C=S) groups is 1. The van der Waals surface area contributed by atoms with Crippen molar-refractivity contribution in [2.75, 3.05) is 6.54 Å². The highest BCUT2D eigenvalue weighted by Gasteiger charge is 2.05. The maximum absolute atomic E-state index is 5.16. The highest BCUT2D eigenvalue weighted by molar-refractivity contribution is 9.10. The van der Waals surface area contributed by atoms with Crippen molar-refractivity contribution >= 4 is 33.3 Å². The molecule has 1 aromatic heterocycles. The van der Waals surface area contributed by atoms with Crippen molar-refractivity contribution < 1.29 is 0 Å². The molecule has 0 aromatic carbocycles. The number of aromatic nitrogens is 2. The zero-order valence-electron chi connectivity index (χ0n) is 9.59. The largest absolute Gasteiger partial charge is 0.363 e. The number of hydrogen-bond acceptors (Lipinski definition) is 2. The lowest BCUT2D eigenvalue weighted by molar-refractivity contribution is 0.682. The summed E-state index contributed by atoms with van der Waals surface area (Å²) in [4.78, 5) is 0. The van der Waals surface area contributed by atoms with Crippen molar-refractivity contribution in [3.8, 4) is 0 Å². The molecular formula is C10H17BrN4S. The molecule has 1 heterocycles. The first-order chi connectivity index (χ1) is 7.65. The third kappa shape index (κ3) is 4.09. The van der Waals surface area contributed by atoms with Crippen LogP contribution in [0.3, 0.4) is 0 Å². The first-order valence-corrected chi connectivity index (χ1v) is 6.53. The van der Waals surface area contributed by atoms with E-state index in [0.29, 0.717) is 11.7 Å². The Morgan fingerprint density at radius 3 is 2.88 bits per heavy atom. The van der Waals surface area contributed by atoms with Gasteiger partial charge in [0.25, 0.3) is 0 Å². The van der Waals surface area contributed by atoms with E-state index < -0.39 is 0 Å². The van der Waals surface area contributed by atoms with Gasteiger partial charge in [0.05, 0.1) is 22.9 Å². The zero-order valence-corrected chi connectivity index (χ0v) is 12.0. The topological polar surface area (TPSA) is 41.9 Å². The molecule has 0 radical (unpaired) electrons. The molecule has 0 spiro atoms. The summed E-state index contributed by atoms with van der Waals surface area (Å²) < 4.78 is 2.82. The fourth-order valence-electron chi connectivity index (χ4n) is 1.24. The fourth-order valence-corrected chi connectivity index (χ4v) is 1.90. The van der Waals surface area contributed by atoms with E-state index in [9.17, 15) is 0 Å². The lowest BCUT2D eigenvalue weighted by Crippen LogP contribution is -2.35. The second-order valence-corrected chi connectivity index (χ2v) is 4.79. The Morgan fingerprint density at radius 2 is 2.31 bits per heavy atom. The molecule has 0 aliphatic heterocycles. The molecule has 16 heavy (non-hydrogen) atoms. The van der Waals surface area contributed by atoms with Gasteiger partial charge in [0.15, 0.2) is 5.11 Å². The first-order valence-electron chi connectivity index (χ1n) is 5.33. The number of unbranched alkanes of at least 4 members (excludes halogenated alkanes) is 1. The van der Waals surface area contributed by atoms with E-state index in [2.05, 4.69) is 38.6 Å². The average Bonchev–Trinajstić information content (AvgIpc) is 2.57. The smallest absolute Gasteiger partial charge is 0.166 e. The molecule has 0 fully saturated rings.